The van der Waals surface area contributed by atoms with Crippen LogP contribution in [0.3, 0.4) is 0 Å². The molecule has 30 heavy (non-hydrogen) atoms. The fourth-order valence-corrected chi connectivity index (χ4v) is 3.47. The SMILES string of the molecule is CN=C(NCc1ccc(Oc2c(OC)cccc2OC)nc1)N1CC(C)(C)C1(C)C. The monoisotopic (exact) mass is 412 g/mol. The van der Waals surface area contributed by atoms with Crippen molar-refractivity contribution in [2.45, 2.75) is 39.8 Å². The van der Waals surface area contributed by atoms with Gasteiger partial charge >= 0.3 is 0 Å². The van der Waals surface area contributed by atoms with Crippen molar-refractivity contribution in [3.63, 3.8) is 0 Å². The van der Waals surface area contributed by atoms with Crippen molar-refractivity contribution in [3.05, 3.63) is 42.1 Å². The fraction of sp³-hybridized carbons (Fsp3) is 0.478. The Morgan fingerprint density at radius 1 is 1.10 bits per heavy atom. The van der Waals surface area contributed by atoms with E-state index in [1.54, 1.807) is 20.4 Å². The maximum atomic E-state index is 5.93. The average molecular weight is 413 g/mol. The van der Waals surface area contributed by atoms with E-state index in [0.717, 1.165) is 18.1 Å². The summed E-state index contributed by atoms with van der Waals surface area (Å²) >= 11 is 0. The quantitative estimate of drug-likeness (QED) is 0.569. The molecule has 1 aliphatic rings. The van der Waals surface area contributed by atoms with Gasteiger partial charge in [0, 0.05) is 43.4 Å². The van der Waals surface area contributed by atoms with Crippen molar-refractivity contribution in [1.82, 2.24) is 15.2 Å². The molecule has 0 amide bonds. The first kappa shape index (κ1) is 21.7. The molecule has 0 radical (unpaired) electrons. The maximum absolute atomic E-state index is 5.93. The van der Waals surface area contributed by atoms with Crippen LogP contribution in [0.1, 0.15) is 33.3 Å². The number of pyridine rings is 1. The standard InChI is InChI=1S/C23H32N4O3/c1-22(2)15-27(23(22,3)4)21(24-5)26-14-16-11-12-19(25-13-16)30-20-17(28-6)9-8-10-18(20)29-7/h8-13H,14-15H2,1-7H3,(H,24,26). The number of rotatable bonds is 6. The highest BCUT2D eigenvalue weighted by molar-refractivity contribution is 5.82. The lowest BCUT2D eigenvalue weighted by Crippen LogP contribution is -2.72. The number of aromatic nitrogens is 1. The summed E-state index contributed by atoms with van der Waals surface area (Å²) in [5.41, 5.74) is 1.34. The van der Waals surface area contributed by atoms with E-state index in [1.807, 2.05) is 37.4 Å². The average Bonchev–Trinajstić information content (AvgIpc) is 2.74. The summed E-state index contributed by atoms with van der Waals surface area (Å²) in [6.45, 7) is 10.7. The van der Waals surface area contributed by atoms with Crippen LogP contribution in [0.4, 0.5) is 0 Å². The Morgan fingerprint density at radius 2 is 1.77 bits per heavy atom. The minimum atomic E-state index is 0.0542. The topological polar surface area (TPSA) is 68.2 Å². The first-order valence-electron chi connectivity index (χ1n) is 10.1. The molecule has 1 N–H and O–H groups in total. The van der Waals surface area contributed by atoms with Crippen LogP contribution in [-0.2, 0) is 6.54 Å². The Bertz CT molecular complexity index is 885. The van der Waals surface area contributed by atoms with Gasteiger partial charge in [-0.3, -0.25) is 4.99 Å². The molecule has 1 fully saturated rings. The number of nitrogens with one attached hydrogen (secondary N) is 1. The van der Waals surface area contributed by atoms with Crippen molar-refractivity contribution in [3.8, 4) is 23.1 Å². The number of para-hydroxylation sites is 1. The minimum Gasteiger partial charge on any atom is -0.493 e. The van der Waals surface area contributed by atoms with E-state index >= 15 is 0 Å². The minimum absolute atomic E-state index is 0.0542. The zero-order valence-corrected chi connectivity index (χ0v) is 18.9. The number of benzene rings is 1. The van der Waals surface area contributed by atoms with E-state index in [0.29, 0.717) is 29.7 Å². The molecule has 162 valence electrons. The molecule has 1 aromatic heterocycles. The third kappa shape index (κ3) is 4.01. The molecule has 1 saturated heterocycles. The van der Waals surface area contributed by atoms with Gasteiger partial charge < -0.3 is 24.4 Å². The third-order valence-electron chi connectivity index (χ3n) is 6.19. The second-order valence-corrected chi connectivity index (χ2v) is 8.53. The second kappa shape index (κ2) is 8.42. The molecule has 1 aliphatic heterocycles. The summed E-state index contributed by atoms with van der Waals surface area (Å²) in [7, 11) is 5.01. The zero-order chi connectivity index (χ0) is 21.9. The third-order valence-corrected chi connectivity index (χ3v) is 6.19. The summed E-state index contributed by atoms with van der Waals surface area (Å²) in [5.74, 6) is 3.05. The van der Waals surface area contributed by atoms with Crippen molar-refractivity contribution < 1.29 is 14.2 Å². The first-order valence-corrected chi connectivity index (χ1v) is 10.1. The molecule has 7 heteroatoms. The Labute approximate surface area is 179 Å². The van der Waals surface area contributed by atoms with E-state index in [2.05, 4.69) is 47.9 Å². The molecule has 0 atom stereocenters. The number of guanidine groups is 1. The van der Waals surface area contributed by atoms with Crippen LogP contribution in [0.15, 0.2) is 41.5 Å². The van der Waals surface area contributed by atoms with Gasteiger partial charge in [0.1, 0.15) is 0 Å². The van der Waals surface area contributed by atoms with E-state index in [9.17, 15) is 0 Å². The Balaban J connectivity index is 1.65. The van der Waals surface area contributed by atoms with Crippen LogP contribution in [-0.4, -0.2) is 49.2 Å². The molecular weight excluding hydrogens is 380 g/mol. The molecule has 2 heterocycles. The Hall–Kier alpha value is -2.96. The largest absolute Gasteiger partial charge is 0.493 e. The maximum Gasteiger partial charge on any atom is 0.219 e. The predicted molar refractivity (Wildman–Crippen MR) is 119 cm³/mol. The van der Waals surface area contributed by atoms with Crippen molar-refractivity contribution in [1.29, 1.82) is 0 Å². The summed E-state index contributed by atoms with van der Waals surface area (Å²) in [6, 6.07) is 9.30. The molecule has 0 spiro atoms. The van der Waals surface area contributed by atoms with Gasteiger partial charge in [0.05, 0.1) is 14.2 Å². The van der Waals surface area contributed by atoms with Gasteiger partial charge in [-0.05, 0) is 31.5 Å². The highest BCUT2D eigenvalue weighted by atomic mass is 16.5. The number of methoxy groups -OCH3 is 2. The molecule has 0 saturated carbocycles. The van der Waals surface area contributed by atoms with Crippen LogP contribution < -0.4 is 19.5 Å². The fourth-order valence-electron chi connectivity index (χ4n) is 3.47. The summed E-state index contributed by atoms with van der Waals surface area (Å²) < 4.78 is 16.7. The zero-order valence-electron chi connectivity index (χ0n) is 18.9. The number of nitrogens with zero attached hydrogens (tertiary/aromatic N) is 3. The highest BCUT2D eigenvalue weighted by Crippen LogP contribution is 2.46. The number of ether oxygens (including phenoxy) is 3. The summed E-state index contributed by atoms with van der Waals surface area (Å²) in [4.78, 5) is 11.2. The van der Waals surface area contributed by atoms with E-state index < -0.39 is 0 Å². The Kier molecular flexibility index (Phi) is 6.10. The summed E-state index contributed by atoms with van der Waals surface area (Å²) in [6.07, 6.45) is 1.79. The van der Waals surface area contributed by atoms with E-state index in [-0.39, 0.29) is 11.0 Å². The Morgan fingerprint density at radius 3 is 2.23 bits per heavy atom. The van der Waals surface area contributed by atoms with Gasteiger partial charge in [-0.25, -0.2) is 4.98 Å². The van der Waals surface area contributed by atoms with Crippen LogP contribution in [0, 0.1) is 5.41 Å². The molecule has 0 aliphatic carbocycles. The summed E-state index contributed by atoms with van der Waals surface area (Å²) in [5, 5.41) is 3.44. The normalized spacial score (nSPS) is 17.2. The lowest BCUT2D eigenvalue weighted by molar-refractivity contribution is -0.0667. The smallest absolute Gasteiger partial charge is 0.219 e. The van der Waals surface area contributed by atoms with Crippen LogP contribution in [0.25, 0.3) is 0 Å². The molecular formula is C23H32N4O3. The van der Waals surface area contributed by atoms with Crippen molar-refractivity contribution in [2.24, 2.45) is 10.4 Å². The van der Waals surface area contributed by atoms with Gasteiger partial charge in [-0.2, -0.15) is 0 Å². The van der Waals surface area contributed by atoms with Crippen LogP contribution in [0.5, 0.6) is 23.1 Å². The van der Waals surface area contributed by atoms with Crippen LogP contribution in [0.2, 0.25) is 0 Å². The predicted octanol–water partition coefficient (Wildman–Crippen LogP) is 4.09. The number of hydrogen-bond acceptors (Lipinski definition) is 5. The molecule has 0 unspecified atom stereocenters. The number of aliphatic imine (C=N–C) groups is 1. The molecule has 7 nitrogen and oxygen atoms in total. The van der Waals surface area contributed by atoms with E-state index in [4.69, 9.17) is 14.2 Å². The van der Waals surface area contributed by atoms with Gasteiger partial charge in [0.15, 0.2) is 17.5 Å². The molecule has 3 rings (SSSR count). The molecule has 1 aromatic carbocycles. The van der Waals surface area contributed by atoms with Gasteiger partial charge in [-0.15, -0.1) is 0 Å². The molecule has 0 bridgehead atoms. The lowest BCUT2D eigenvalue weighted by atomic mass is 9.65. The highest BCUT2D eigenvalue weighted by Gasteiger charge is 2.53. The van der Waals surface area contributed by atoms with Gasteiger partial charge in [0.2, 0.25) is 11.6 Å². The number of likely N-dealkylation sites (tertiary alicyclic amines) is 1. The molecule has 2 aromatic rings. The van der Waals surface area contributed by atoms with Crippen molar-refractivity contribution in [2.75, 3.05) is 27.8 Å². The first-order chi connectivity index (χ1) is 14.2. The van der Waals surface area contributed by atoms with Gasteiger partial charge in [0.25, 0.3) is 0 Å². The van der Waals surface area contributed by atoms with Gasteiger partial charge in [-0.1, -0.05) is 26.0 Å². The van der Waals surface area contributed by atoms with Crippen molar-refractivity contribution >= 4 is 5.96 Å². The van der Waals surface area contributed by atoms with Crippen LogP contribution >= 0.6 is 0 Å². The van der Waals surface area contributed by atoms with E-state index in [1.165, 1.54) is 0 Å². The second-order valence-electron chi connectivity index (χ2n) is 8.53. The lowest BCUT2D eigenvalue weighted by Gasteiger charge is -2.62. The number of hydrogen-bond donors (Lipinski definition) is 1.